The number of nitro benzene ring substituents is 2. The van der Waals surface area contributed by atoms with Gasteiger partial charge >= 0.3 is 11.7 Å². The Kier molecular flexibility index (Phi) is 5.08. The molecule has 2 aromatic carbocycles. The van der Waals surface area contributed by atoms with Gasteiger partial charge in [-0.05, 0) is 36.4 Å². The largest absolute Gasteiger partial charge is 0.340 e. The minimum absolute atomic E-state index is 0.000673. The van der Waals surface area contributed by atoms with E-state index < -0.39 is 39.2 Å². The second kappa shape index (κ2) is 9.17. The van der Waals surface area contributed by atoms with Gasteiger partial charge in [0.15, 0.2) is 12.0 Å². The molecule has 244 valence electrons. The second-order valence-corrected chi connectivity index (χ2v) is 11.8. The Bertz CT molecular complexity index is 2730. The van der Waals surface area contributed by atoms with Gasteiger partial charge in [-0.1, -0.05) is 12.1 Å². The van der Waals surface area contributed by atoms with Gasteiger partial charge in [-0.2, -0.15) is 4.98 Å². The maximum Gasteiger partial charge on any atom is 0.340 e. The molecule has 3 aliphatic rings. The van der Waals surface area contributed by atoms with Gasteiger partial charge in [-0.25, -0.2) is 38.4 Å². The number of benzene rings is 2. The molecule has 1 saturated heterocycles. The van der Waals surface area contributed by atoms with Crippen LogP contribution in [0.15, 0.2) is 90.0 Å². The second-order valence-electron chi connectivity index (χ2n) is 11.8. The Hall–Kier alpha value is -7.35. The monoisotopic (exact) mass is 670 g/mol. The SMILES string of the molecule is O=C1N2C(Nc3nc4cc([N+](=O)[O-])ccc4n31)N[C@]1(c3ccccn3)Nc3nc4nc5ccc([N+](=O)[O-])cc5n4c(=O)n3[C@]21c1ccccn1. The maximum absolute atomic E-state index is 15.1. The molecule has 3 aliphatic heterocycles. The van der Waals surface area contributed by atoms with Crippen LogP contribution in [0.3, 0.4) is 0 Å². The summed E-state index contributed by atoms with van der Waals surface area (Å²) in [6.45, 7) is 0. The molecule has 20 nitrogen and oxygen atoms in total. The number of anilines is 2. The molecule has 8 heterocycles. The maximum atomic E-state index is 15.1. The van der Waals surface area contributed by atoms with Crippen LogP contribution in [0.1, 0.15) is 11.4 Å². The van der Waals surface area contributed by atoms with E-state index in [-0.39, 0.29) is 56.8 Å². The van der Waals surface area contributed by atoms with Crippen molar-refractivity contribution in [1.29, 1.82) is 0 Å². The Morgan fingerprint density at radius 1 is 0.760 bits per heavy atom. The lowest BCUT2D eigenvalue weighted by molar-refractivity contribution is -0.384. The Labute approximate surface area is 276 Å². The molecular formula is C30H18N14O6. The number of nitrogens with one attached hydrogen (secondary N) is 3. The van der Waals surface area contributed by atoms with Gasteiger partial charge in [0.2, 0.25) is 23.3 Å². The molecule has 20 heteroatoms. The molecule has 0 bridgehead atoms. The lowest BCUT2D eigenvalue weighted by Crippen LogP contribution is -2.65. The average Bonchev–Trinajstić information content (AvgIpc) is 3.83. The predicted molar refractivity (Wildman–Crippen MR) is 172 cm³/mol. The predicted octanol–water partition coefficient (Wildman–Crippen LogP) is 2.26. The van der Waals surface area contributed by atoms with Crippen LogP contribution in [0.5, 0.6) is 0 Å². The minimum Gasteiger partial charge on any atom is -0.328 e. The number of pyridine rings is 2. The number of amides is 1. The molecule has 0 radical (unpaired) electrons. The molecule has 50 heavy (non-hydrogen) atoms. The van der Waals surface area contributed by atoms with E-state index >= 15 is 9.59 Å². The lowest BCUT2D eigenvalue weighted by Gasteiger charge is -2.44. The number of imidazole rings is 2. The zero-order chi connectivity index (χ0) is 34.1. The average molecular weight is 671 g/mol. The fourth-order valence-electron chi connectivity index (χ4n) is 7.40. The van der Waals surface area contributed by atoms with E-state index in [1.165, 1.54) is 56.6 Å². The summed E-state index contributed by atoms with van der Waals surface area (Å²) in [5, 5.41) is 33.3. The van der Waals surface area contributed by atoms with Gasteiger partial charge in [0.05, 0.1) is 43.3 Å². The topological polar surface area (TPSA) is 238 Å². The molecule has 1 fully saturated rings. The van der Waals surface area contributed by atoms with Crippen molar-refractivity contribution in [2.24, 2.45) is 0 Å². The summed E-state index contributed by atoms with van der Waals surface area (Å²) in [4.78, 5) is 76.8. The molecule has 1 unspecified atom stereocenters. The summed E-state index contributed by atoms with van der Waals surface area (Å²) < 4.78 is 3.69. The number of carbonyl (C=O) groups is 1. The number of nitro groups is 2. The number of nitrogens with zero attached hydrogens (tertiary/aromatic N) is 11. The van der Waals surface area contributed by atoms with E-state index in [1.54, 1.807) is 42.6 Å². The first kappa shape index (κ1) is 27.7. The van der Waals surface area contributed by atoms with Crippen LogP contribution in [0.4, 0.5) is 28.1 Å². The summed E-state index contributed by atoms with van der Waals surface area (Å²) >= 11 is 0. The Morgan fingerprint density at radius 2 is 1.48 bits per heavy atom. The first-order chi connectivity index (χ1) is 24.2. The van der Waals surface area contributed by atoms with Crippen molar-refractivity contribution < 1.29 is 14.6 Å². The molecule has 5 aromatic heterocycles. The molecule has 0 aliphatic carbocycles. The van der Waals surface area contributed by atoms with Crippen molar-refractivity contribution >= 4 is 57.1 Å². The Morgan fingerprint density at radius 3 is 2.20 bits per heavy atom. The van der Waals surface area contributed by atoms with Crippen LogP contribution in [0.25, 0.3) is 27.8 Å². The van der Waals surface area contributed by atoms with Crippen molar-refractivity contribution in [3.8, 4) is 0 Å². The van der Waals surface area contributed by atoms with Gasteiger partial charge in [0, 0.05) is 36.7 Å². The third kappa shape index (κ3) is 3.19. The van der Waals surface area contributed by atoms with Gasteiger partial charge < -0.3 is 10.6 Å². The Balaban J connectivity index is 1.32. The zero-order valence-corrected chi connectivity index (χ0v) is 25.0. The van der Waals surface area contributed by atoms with E-state index in [4.69, 9.17) is 9.97 Å². The summed E-state index contributed by atoms with van der Waals surface area (Å²) in [6, 6.07) is 17.5. The van der Waals surface area contributed by atoms with Crippen molar-refractivity contribution in [2.45, 2.75) is 17.6 Å². The molecule has 1 amide bonds. The van der Waals surface area contributed by atoms with Crippen molar-refractivity contribution in [3.63, 3.8) is 0 Å². The highest BCUT2D eigenvalue weighted by atomic mass is 16.6. The highest BCUT2D eigenvalue weighted by Gasteiger charge is 2.75. The van der Waals surface area contributed by atoms with Crippen molar-refractivity contribution in [3.05, 3.63) is 127 Å². The lowest BCUT2D eigenvalue weighted by atomic mass is 9.87. The molecule has 3 atom stereocenters. The van der Waals surface area contributed by atoms with Gasteiger partial charge in [0.25, 0.3) is 11.4 Å². The van der Waals surface area contributed by atoms with Crippen molar-refractivity contribution in [2.75, 3.05) is 10.6 Å². The molecule has 0 saturated carbocycles. The number of non-ortho nitro benzene ring substituents is 2. The molecule has 0 spiro atoms. The first-order valence-electron chi connectivity index (χ1n) is 15.0. The summed E-state index contributed by atoms with van der Waals surface area (Å²) in [7, 11) is 0. The highest BCUT2D eigenvalue weighted by molar-refractivity contribution is 5.96. The van der Waals surface area contributed by atoms with Gasteiger partial charge in [0.1, 0.15) is 0 Å². The van der Waals surface area contributed by atoms with E-state index in [1.807, 2.05) is 0 Å². The standard InChI is InChI=1S/C30H18N14O6/c45-27-39-19-10-8-15(43(47)48)13-18(19)34-24(39)36-26-38-29(21-5-1-3-11-31-21)30(41(26)27,22-6-2-4-12-32-22)42-25(37-29)35-23-33-17-9-7-16(44(49)50)14-20(17)40(23)28(42)46/h1-14,26,38H,(H,34,36)(H,33,35,37)/t26?,29-,30-/m0/s1. The summed E-state index contributed by atoms with van der Waals surface area (Å²) in [6.07, 6.45) is 2.01. The van der Waals surface area contributed by atoms with E-state index in [0.29, 0.717) is 5.69 Å². The highest BCUT2D eigenvalue weighted by Crippen LogP contribution is 2.56. The summed E-state index contributed by atoms with van der Waals surface area (Å²) in [5.74, 6) is 0.0561. The number of rotatable bonds is 4. The van der Waals surface area contributed by atoms with E-state index in [0.717, 1.165) is 4.40 Å². The quantitative estimate of drug-likeness (QED) is 0.180. The van der Waals surface area contributed by atoms with Crippen molar-refractivity contribution in [1.82, 2.24) is 48.7 Å². The normalized spacial score (nSPS) is 21.8. The fraction of sp³-hybridized carbons (Fsp3) is 0.100. The number of fused-ring (bicyclic) bond motifs is 11. The number of aromatic nitrogens is 8. The molecule has 3 N–H and O–H groups in total. The van der Waals surface area contributed by atoms with Crippen LogP contribution in [0, 0.1) is 20.2 Å². The first-order valence-corrected chi connectivity index (χ1v) is 15.0. The third-order valence-electron chi connectivity index (χ3n) is 9.32. The smallest absolute Gasteiger partial charge is 0.328 e. The fourth-order valence-corrected chi connectivity index (χ4v) is 7.40. The zero-order valence-electron chi connectivity index (χ0n) is 25.0. The van der Waals surface area contributed by atoms with E-state index in [9.17, 15) is 20.2 Å². The van der Waals surface area contributed by atoms with Crippen LogP contribution < -0.4 is 21.6 Å². The van der Waals surface area contributed by atoms with Crippen LogP contribution >= 0.6 is 0 Å². The van der Waals surface area contributed by atoms with Gasteiger partial charge in [-0.15, -0.1) is 0 Å². The molecule has 7 aromatic rings. The third-order valence-corrected chi connectivity index (χ3v) is 9.32. The minimum atomic E-state index is -1.92. The molecule has 10 rings (SSSR count). The summed E-state index contributed by atoms with van der Waals surface area (Å²) in [5.41, 5.74) is -3.30. The van der Waals surface area contributed by atoms with Crippen LogP contribution in [0.2, 0.25) is 0 Å². The van der Waals surface area contributed by atoms with E-state index in [2.05, 4.69) is 30.9 Å². The number of hydrogen-bond acceptors (Lipinski definition) is 14. The van der Waals surface area contributed by atoms with Crippen LogP contribution in [-0.4, -0.2) is 65.5 Å². The number of carbonyl (C=O) groups excluding carboxylic acids is 1. The van der Waals surface area contributed by atoms with Crippen LogP contribution in [-0.2, 0) is 11.3 Å². The molecular weight excluding hydrogens is 652 g/mol. The van der Waals surface area contributed by atoms with Gasteiger partial charge in [-0.3, -0.25) is 35.1 Å². The number of hydrogen-bond donors (Lipinski definition) is 3.